The molecule has 7 amide bonds. The molecule has 0 aliphatic carbocycles. The van der Waals surface area contributed by atoms with E-state index >= 15 is 0 Å². The second-order valence-electron chi connectivity index (χ2n) is 10.9. The number of rotatable bonds is 21. The van der Waals surface area contributed by atoms with Crippen molar-refractivity contribution in [1.29, 1.82) is 0 Å². The number of aliphatic hydroxyl groups excluding tert-OH is 1. The van der Waals surface area contributed by atoms with E-state index in [2.05, 4.69) is 31.9 Å². The number of carboxylic acid groups (broad SMARTS) is 1. The largest absolute Gasteiger partial charge is 0.480 e. The van der Waals surface area contributed by atoms with Crippen molar-refractivity contribution in [2.45, 2.75) is 101 Å². The fourth-order valence-electron chi connectivity index (χ4n) is 4.39. The average molecular weight is 675 g/mol. The van der Waals surface area contributed by atoms with Gasteiger partial charge in [-0.3, -0.25) is 33.6 Å². The molecule has 0 saturated carbocycles. The van der Waals surface area contributed by atoms with Gasteiger partial charge in [-0.2, -0.15) is 11.8 Å². The quantitative estimate of drug-likeness (QED) is 0.0556. The zero-order chi connectivity index (χ0) is 35.0. The zero-order valence-corrected chi connectivity index (χ0v) is 26.9. The van der Waals surface area contributed by atoms with Crippen LogP contribution in [0.1, 0.15) is 58.8 Å². The van der Waals surface area contributed by atoms with Gasteiger partial charge in [-0.05, 0) is 64.5 Å². The Balaban J connectivity index is 3.03. The number of carbonyl (C=O) groups is 8. The van der Waals surface area contributed by atoms with Gasteiger partial charge in [0.1, 0.15) is 24.2 Å². The molecule has 1 aliphatic heterocycles. The van der Waals surface area contributed by atoms with Crippen LogP contribution in [0.5, 0.6) is 0 Å². The smallest absolute Gasteiger partial charge is 0.328 e. The van der Waals surface area contributed by atoms with Crippen molar-refractivity contribution in [1.82, 2.24) is 31.9 Å². The number of hydrogen-bond acceptors (Lipinski definition) is 11. The molecule has 12 N–H and O–H groups in total. The number of thioether (sulfide) groups is 1. The lowest BCUT2D eigenvalue weighted by atomic mass is 10.1. The standard InChI is InChI=1S/C27H46N8O10S/c1-13(22(39)32-18(10-12-46-3)26(43)35-21(14(2)36)27(44)45)31-24(41)16(6-8-19(28)37)34-25(42)17(7-9-20(29)38)33-23(40)15-5-4-11-30-15/h13-18,21,30,36H,4-12H2,1-3H3,(H2,28,37)(H2,29,38)(H,31,41)(H,32,39)(H,33,40)(H,34,42)(H,35,43)(H,44,45)/t13-,14+,15-,16-,17-,18-,21-/m0/s1. The predicted octanol–water partition coefficient (Wildman–Crippen LogP) is -4.07. The van der Waals surface area contributed by atoms with Gasteiger partial charge in [0.2, 0.25) is 41.4 Å². The van der Waals surface area contributed by atoms with E-state index in [1.807, 2.05) is 0 Å². The molecule has 0 aromatic carbocycles. The minimum absolute atomic E-state index is 0.0949. The summed E-state index contributed by atoms with van der Waals surface area (Å²) < 4.78 is 0. The Kier molecular flexibility index (Phi) is 17.6. The van der Waals surface area contributed by atoms with Gasteiger partial charge in [0.05, 0.1) is 12.1 Å². The van der Waals surface area contributed by atoms with Gasteiger partial charge in [0.15, 0.2) is 6.04 Å². The maximum Gasteiger partial charge on any atom is 0.328 e. The second-order valence-corrected chi connectivity index (χ2v) is 11.9. The molecule has 1 fully saturated rings. The summed E-state index contributed by atoms with van der Waals surface area (Å²) in [5.74, 6) is -6.47. The molecule has 0 aromatic rings. The van der Waals surface area contributed by atoms with Crippen molar-refractivity contribution >= 4 is 59.1 Å². The number of aliphatic hydroxyl groups is 1. The fraction of sp³-hybridized carbons (Fsp3) is 0.704. The minimum atomic E-state index is -1.63. The first-order chi connectivity index (χ1) is 21.6. The molecule has 0 unspecified atom stereocenters. The normalized spacial score (nSPS) is 18.0. The van der Waals surface area contributed by atoms with Crippen LogP contribution in [0, 0.1) is 0 Å². The van der Waals surface area contributed by atoms with Crippen LogP contribution in [0.2, 0.25) is 0 Å². The summed E-state index contributed by atoms with van der Waals surface area (Å²) in [5.41, 5.74) is 10.5. The minimum Gasteiger partial charge on any atom is -0.480 e. The number of carboxylic acids is 1. The highest BCUT2D eigenvalue weighted by molar-refractivity contribution is 7.98. The zero-order valence-electron chi connectivity index (χ0n) is 26.1. The van der Waals surface area contributed by atoms with Gasteiger partial charge in [0.25, 0.3) is 0 Å². The number of nitrogens with one attached hydrogen (secondary N) is 6. The summed E-state index contributed by atoms with van der Waals surface area (Å²) in [4.78, 5) is 99.2. The van der Waals surface area contributed by atoms with Gasteiger partial charge in [-0.25, -0.2) is 4.79 Å². The summed E-state index contributed by atoms with van der Waals surface area (Å²) in [6.07, 6.45) is 0.715. The van der Waals surface area contributed by atoms with E-state index in [-0.39, 0.29) is 32.1 Å². The third kappa shape index (κ3) is 14.4. The van der Waals surface area contributed by atoms with E-state index in [1.165, 1.54) is 25.6 Å². The van der Waals surface area contributed by atoms with Crippen molar-refractivity contribution in [3.05, 3.63) is 0 Å². The molecule has 19 heteroatoms. The third-order valence-corrected chi connectivity index (χ3v) is 7.69. The molecular weight excluding hydrogens is 628 g/mol. The highest BCUT2D eigenvalue weighted by Crippen LogP contribution is 2.08. The van der Waals surface area contributed by atoms with Crippen LogP contribution in [-0.2, 0) is 38.4 Å². The van der Waals surface area contributed by atoms with Crippen LogP contribution in [0.25, 0.3) is 0 Å². The van der Waals surface area contributed by atoms with Gasteiger partial charge >= 0.3 is 5.97 Å². The molecule has 1 rings (SSSR count). The van der Waals surface area contributed by atoms with Crippen molar-refractivity contribution in [2.75, 3.05) is 18.6 Å². The van der Waals surface area contributed by atoms with Gasteiger partial charge < -0.3 is 53.6 Å². The summed E-state index contributed by atoms with van der Waals surface area (Å²) >= 11 is 1.36. The molecule has 0 bridgehead atoms. The lowest BCUT2D eigenvalue weighted by Crippen LogP contribution is -2.59. The van der Waals surface area contributed by atoms with Crippen LogP contribution < -0.4 is 43.4 Å². The Morgan fingerprint density at radius 2 is 1.28 bits per heavy atom. The van der Waals surface area contributed by atoms with E-state index in [1.54, 1.807) is 6.26 Å². The monoisotopic (exact) mass is 674 g/mol. The Morgan fingerprint density at radius 1 is 0.783 bits per heavy atom. The molecule has 1 heterocycles. The fourth-order valence-corrected chi connectivity index (χ4v) is 4.86. The molecule has 7 atom stereocenters. The summed E-state index contributed by atoms with van der Waals surface area (Å²) in [5, 5.41) is 34.0. The number of hydrogen-bond donors (Lipinski definition) is 10. The summed E-state index contributed by atoms with van der Waals surface area (Å²) in [6.45, 7) is 3.09. The maximum absolute atomic E-state index is 13.2. The van der Waals surface area contributed by atoms with E-state index in [0.29, 0.717) is 18.7 Å². The first kappa shape index (κ1) is 40.1. The van der Waals surface area contributed by atoms with Crippen LogP contribution in [0.3, 0.4) is 0 Å². The molecule has 1 aliphatic rings. The molecule has 0 spiro atoms. The summed E-state index contributed by atoms with van der Waals surface area (Å²) in [6, 6.07) is -7.31. The number of nitrogens with two attached hydrogens (primary N) is 2. The molecule has 46 heavy (non-hydrogen) atoms. The topological polar surface area (TPSA) is 301 Å². The molecule has 18 nitrogen and oxygen atoms in total. The van der Waals surface area contributed by atoms with Crippen molar-refractivity contribution in [3.8, 4) is 0 Å². The van der Waals surface area contributed by atoms with Crippen molar-refractivity contribution < 1.29 is 48.6 Å². The van der Waals surface area contributed by atoms with Crippen molar-refractivity contribution in [3.63, 3.8) is 0 Å². The van der Waals surface area contributed by atoms with Gasteiger partial charge in [0, 0.05) is 12.8 Å². The first-order valence-electron chi connectivity index (χ1n) is 14.8. The van der Waals surface area contributed by atoms with Crippen LogP contribution in [0.4, 0.5) is 0 Å². The van der Waals surface area contributed by atoms with Crippen molar-refractivity contribution in [2.24, 2.45) is 11.5 Å². The molecule has 0 radical (unpaired) electrons. The lowest BCUT2D eigenvalue weighted by Gasteiger charge is -2.26. The average Bonchev–Trinajstić information content (AvgIpc) is 3.52. The van der Waals surface area contributed by atoms with Crippen LogP contribution >= 0.6 is 11.8 Å². The van der Waals surface area contributed by atoms with E-state index in [0.717, 1.165) is 6.42 Å². The van der Waals surface area contributed by atoms with E-state index in [4.69, 9.17) is 11.5 Å². The predicted molar refractivity (Wildman–Crippen MR) is 166 cm³/mol. The Bertz CT molecular complexity index is 1120. The van der Waals surface area contributed by atoms with E-state index < -0.39 is 89.7 Å². The molecular formula is C27H46N8O10S. The maximum atomic E-state index is 13.2. The molecule has 1 saturated heterocycles. The number of primary amides is 2. The van der Waals surface area contributed by atoms with Crippen LogP contribution in [0.15, 0.2) is 0 Å². The Labute approximate surface area is 270 Å². The van der Waals surface area contributed by atoms with Gasteiger partial charge in [-0.15, -0.1) is 0 Å². The van der Waals surface area contributed by atoms with Gasteiger partial charge in [-0.1, -0.05) is 0 Å². The SMILES string of the molecule is CSCC[C@H](NC(=O)[C@H](C)NC(=O)[C@H](CCC(N)=O)NC(=O)[C@H](CCC(N)=O)NC(=O)[C@@H]1CCCN1)C(=O)N[C@H](C(=O)O)[C@@H](C)O. The van der Waals surface area contributed by atoms with E-state index in [9.17, 15) is 48.6 Å². The number of carbonyl (C=O) groups excluding carboxylic acids is 7. The summed E-state index contributed by atoms with van der Waals surface area (Å²) in [7, 11) is 0. The highest BCUT2D eigenvalue weighted by Gasteiger charge is 2.33. The highest BCUT2D eigenvalue weighted by atomic mass is 32.2. The lowest BCUT2D eigenvalue weighted by molar-refractivity contribution is -0.145. The van der Waals surface area contributed by atoms with Crippen LogP contribution in [-0.4, -0.2) is 118 Å². The number of aliphatic carboxylic acids is 1. The first-order valence-corrected chi connectivity index (χ1v) is 16.2. The molecule has 260 valence electrons. The molecule has 0 aromatic heterocycles. The Hall–Kier alpha value is -3.97. The third-order valence-electron chi connectivity index (χ3n) is 7.04. The number of amides is 7. The second kappa shape index (κ2) is 20.2. The Morgan fingerprint density at radius 3 is 1.76 bits per heavy atom.